The van der Waals surface area contributed by atoms with Gasteiger partial charge in [0.05, 0.1) is 25.1 Å². The summed E-state index contributed by atoms with van der Waals surface area (Å²) in [5.41, 5.74) is 4.66. The molecule has 5 heteroatoms. The molecule has 0 spiro atoms. The van der Waals surface area contributed by atoms with E-state index in [1.165, 1.54) is 16.7 Å². The number of cyclic esters (lactones) is 1. The molecule has 2 aliphatic rings. The maximum Gasteiger partial charge on any atom is 0.306 e. The summed E-state index contributed by atoms with van der Waals surface area (Å²) in [6, 6.07) is 6.40. The molecule has 5 unspecified atom stereocenters. The number of furan rings is 1. The van der Waals surface area contributed by atoms with Gasteiger partial charge in [-0.25, -0.2) is 0 Å². The van der Waals surface area contributed by atoms with Gasteiger partial charge in [0.2, 0.25) is 0 Å². The Morgan fingerprint density at radius 1 is 1.09 bits per heavy atom. The number of rotatable bonds is 5. The van der Waals surface area contributed by atoms with Crippen LogP contribution in [-0.2, 0) is 19.0 Å². The summed E-state index contributed by atoms with van der Waals surface area (Å²) in [6.07, 6.45) is 10.6. The summed E-state index contributed by atoms with van der Waals surface area (Å²) >= 11 is 0. The molecule has 1 aromatic heterocycles. The number of hydrogen-bond donors (Lipinski definition) is 0. The molecule has 0 N–H and O–H groups in total. The van der Waals surface area contributed by atoms with E-state index in [9.17, 15) is 4.79 Å². The zero-order chi connectivity index (χ0) is 23.4. The van der Waals surface area contributed by atoms with Crippen LogP contribution < -0.4 is 0 Å². The van der Waals surface area contributed by atoms with Gasteiger partial charge in [0.15, 0.2) is 0 Å². The molecule has 4 rings (SSSR count). The third-order valence-corrected chi connectivity index (χ3v) is 7.58. The molecule has 0 saturated heterocycles. The first-order valence-corrected chi connectivity index (χ1v) is 12.5. The maximum absolute atomic E-state index is 12.1. The first-order valence-electron chi connectivity index (χ1n) is 12.5. The lowest BCUT2D eigenvalue weighted by atomic mass is 9.76. The van der Waals surface area contributed by atoms with Crippen molar-refractivity contribution in [2.45, 2.75) is 76.9 Å². The Bertz CT molecular complexity index is 974. The van der Waals surface area contributed by atoms with Crippen molar-refractivity contribution in [3.05, 3.63) is 41.7 Å². The third-order valence-electron chi connectivity index (χ3n) is 7.58. The average molecular weight is 455 g/mol. The molecule has 0 bridgehead atoms. The molecule has 33 heavy (non-hydrogen) atoms. The highest BCUT2D eigenvalue weighted by atomic mass is 16.5. The Balaban J connectivity index is 1.78. The highest BCUT2D eigenvalue weighted by Crippen LogP contribution is 2.43. The number of ether oxygens (including phenoxy) is 3. The van der Waals surface area contributed by atoms with Gasteiger partial charge in [0, 0.05) is 37.5 Å². The lowest BCUT2D eigenvalue weighted by Crippen LogP contribution is -2.39. The van der Waals surface area contributed by atoms with Gasteiger partial charge in [-0.2, -0.15) is 0 Å². The molecule has 180 valence electrons. The van der Waals surface area contributed by atoms with Gasteiger partial charge in [-0.05, 0) is 54.7 Å². The Morgan fingerprint density at radius 2 is 1.94 bits per heavy atom. The van der Waals surface area contributed by atoms with Crippen molar-refractivity contribution in [2.24, 2.45) is 11.8 Å². The first kappa shape index (κ1) is 24.0. The van der Waals surface area contributed by atoms with Crippen LogP contribution in [0.5, 0.6) is 0 Å². The number of allylic oxidation sites excluding steroid dienone is 1. The summed E-state index contributed by atoms with van der Waals surface area (Å²) in [5.74, 6) is 0.868. The fraction of sp³-hybridized carbons (Fsp3) is 0.607. The standard InChI is InChI=1S/C28H38O5/c1-5-19-7-6-8-22(16-24(30-3)27(19)31-4)26-23(11-9-20-13-14-32-28(20)26)21-10-12-25(29)33-17-18(2)15-21/h9,11,13-15,18-19,22,24,27H,5-8,10,12,16-17H2,1-4H3. The minimum atomic E-state index is -0.118. The van der Waals surface area contributed by atoms with Gasteiger partial charge in [-0.15, -0.1) is 0 Å². The van der Waals surface area contributed by atoms with Gasteiger partial charge < -0.3 is 18.6 Å². The number of carbonyl (C=O) groups excluding carboxylic acids is 1. The molecule has 1 aromatic carbocycles. The predicted molar refractivity (Wildman–Crippen MR) is 130 cm³/mol. The molecule has 1 saturated carbocycles. The number of esters is 1. The number of carbonyl (C=O) groups is 1. The van der Waals surface area contributed by atoms with E-state index >= 15 is 0 Å². The zero-order valence-corrected chi connectivity index (χ0v) is 20.5. The average Bonchev–Trinajstić information content (AvgIpc) is 3.28. The first-order chi connectivity index (χ1) is 16.0. The molecule has 1 fully saturated rings. The summed E-state index contributed by atoms with van der Waals surface area (Å²) in [7, 11) is 3.62. The second kappa shape index (κ2) is 10.9. The summed E-state index contributed by atoms with van der Waals surface area (Å²) in [6.45, 7) is 4.79. The summed E-state index contributed by atoms with van der Waals surface area (Å²) in [4.78, 5) is 12.1. The van der Waals surface area contributed by atoms with Crippen molar-refractivity contribution >= 4 is 22.5 Å². The van der Waals surface area contributed by atoms with E-state index in [-0.39, 0.29) is 24.1 Å². The Morgan fingerprint density at radius 3 is 2.70 bits per heavy atom. The maximum atomic E-state index is 12.1. The Labute approximate surface area is 197 Å². The fourth-order valence-corrected chi connectivity index (χ4v) is 5.87. The molecular weight excluding hydrogens is 416 g/mol. The zero-order valence-electron chi connectivity index (χ0n) is 20.5. The van der Waals surface area contributed by atoms with E-state index in [0.29, 0.717) is 31.3 Å². The molecule has 5 nitrogen and oxygen atoms in total. The second-order valence-electron chi connectivity index (χ2n) is 9.72. The van der Waals surface area contributed by atoms with E-state index in [1.807, 2.05) is 13.2 Å². The van der Waals surface area contributed by atoms with Crippen LogP contribution >= 0.6 is 0 Å². The van der Waals surface area contributed by atoms with Gasteiger partial charge >= 0.3 is 5.97 Å². The van der Waals surface area contributed by atoms with Crippen LogP contribution in [0.15, 0.2) is 35.0 Å². The molecule has 1 aliphatic carbocycles. The minimum absolute atomic E-state index is 0.0310. The normalized spacial score (nSPS) is 29.5. The van der Waals surface area contributed by atoms with Gasteiger partial charge in [-0.3, -0.25) is 4.79 Å². The minimum Gasteiger partial charge on any atom is -0.465 e. The van der Waals surface area contributed by atoms with Gasteiger partial charge in [0.25, 0.3) is 0 Å². The van der Waals surface area contributed by atoms with E-state index in [2.05, 4.69) is 32.1 Å². The number of fused-ring (bicyclic) bond motifs is 1. The van der Waals surface area contributed by atoms with E-state index in [4.69, 9.17) is 18.6 Å². The van der Waals surface area contributed by atoms with Crippen LogP contribution in [0.1, 0.15) is 75.8 Å². The molecule has 2 aromatic rings. The van der Waals surface area contributed by atoms with Crippen molar-refractivity contribution in [2.75, 3.05) is 20.8 Å². The Kier molecular flexibility index (Phi) is 7.92. The lowest BCUT2D eigenvalue weighted by Gasteiger charge is -2.37. The molecule has 0 amide bonds. The van der Waals surface area contributed by atoms with Crippen molar-refractivity contribution in [3.63, 3.8) is 0 Å². The summed E-state index contributed by atoms with van der Waals surface area (Å²) < 4.78 is 23.4. The molecule has 0 radical (unpaired) electrons. The SMILES string of the molecule is CCC1CCCC(c2c(C3=CC(C)COC(=O)CC3)ccc3ccoc23)CC(OC)C1OC. The van der Waals surface area contributed by atoms with Crippen molar-refractivity contribution < 1.29 is 23.4 Å². The summed E-state index contributed by atoms with van der Waals surface area (Å²) in [5, 5.41) is 1.12. The third kappa shape index (κ3) is 5.20. The number of hydrogen-bond acceptors (Lipinski definition) is 5. The van der Waals surface area contributed by atoms with Crippen molar-refractivity contribution in [1.29, 1.82) is 0 Å². The van der Waals surface area contributed by atoms with Crippen LogP contribution in [0.3, 0.4) is 0 Å². The van der Waals surface area contributed by atoms with Crippen LogP contribution in [0.4, 0.5) is 0 Å². The predicted octanol–water partition coefficient (Wildman–Crippen LogP) is 6.50. The van der Waals surface area contributed by atoms with Crippen molar-refractivity contribution in [3.8, 4) is 0 Å². The largest absolute Gasteiger partial charge is 0.465 e. The molecular formula is C28H38O5. The quantitative estimate of drug-likeness (QED) is 0.483. The van der Waals surface area contributed by atoms with Gasteiger partial charge in [-0.1, -0.05) is 44.9 Å². The van der Waals surface area contributed by atoms with E-state index < -0.39 is 0 Å². The molecule has 2 heterocycles. The highest BCUT2D eigenvalue weighted by Gasteiger charge is 2.35. The Hall–Kier alpha value is -2.11. The molecule has 5 atom stereocenters. The second-order valence-corrected chi connectivity index (χ2v) is 9.72. The topological polar surface area (TPSA) is 57.9 Å². The van der Waals surface area contributed by atoms with E-state index in [0.717, 1.165) is 43.1 Å². The smallest absolute Gasteiger partial charge is 0.306 e. The van der Waals surface area contributed by atoms with Crippen molar-refractivity contribution in [1.82, 2.24) is 0 Å². The fourth-order valence-electron chi connectivity index (χ4n) is 5.87. The highest BCUT2D eigenvalue weighted by molar-refractivity contribution is 5.88. The number of methoxy groups -OCH3 is 2. The van der Waals surface area contributed by atoms with Crippen LogP contribution in [0.25, 0.3) is 16.5 Å². The monoisotopic (exact) mass is 454 g/mol. The van der Waals surface area contributed by atoms with Gasteiger partial charge in [0.1, 0.15) is 5.58 Å². The lowest BCUT2D eigenvalue weighted by molar-refractivity contribution is -0.144. The molecule has 1 aliphatic heterocycles. The van der Waals surface area contributed by atoms with Crippen LogP contribution in [-0.4, -0.2) is 39.0 Å². The van der Waals surface area contributed by atoms with Crippen LogP contribution in [0, 0.1) is 11.8 Å². The van der Waals surface area contributed by atoms with Crippen LogP contribution in [0.2, 0.25) is 0 Å². The number of benzene rings is 1. The van der Waals surface area contributed by atoms with E-state index in [1.54, 1.807) is 13.4 Å².